The Morgan fingerprint density at radius 2 is 2.12 bits per heavy atom. The molecule has 0 bridgehead atoms. The van der Waals surface area contributed by atoms with Crippen LogP contribution in [0.4, 0.5) is 0 Å². The monoisotopic (exact) mass is 224 g/mol. The number of rotatable bonds is 2. The van der Waals surface area contributed by atoms with Gasteiger partial charge in [-0.1, -0.05) is 30.4 Å². The van der Waals surface area contributed by atoms with Crippen LogP contribution in [-0.4, -0.2) is 15.8 Å². The molecule has 1 N–H and O–H groups in total. The molecular formula is C14H12N2O. The van der Waals surface area contributed by atoms with Crippen molar-refractivity contribution in [1.82, 2.24) is 9.97 Å². The van der Waals surface area contributed by atoms with Crippen LogP contribution in [-0.2, 0) is 11.2 Å². The lowest BCUT2D eigenvalue weighted by Crippen LogP contribution is -2.15. The van der Waals surface area contributed by atoms with Crippen molar-refractivity contribution in [2.24, 2.45) is 5.92 Å². The third kappa shape index (κ3) is 1.91. The van der Waals surface area contributed by atoms with Crippen molar-refractivity contribution in [2.75, 3.05) is 0 Å². The quantitative estimate of drug-likeness (QED) is 0.851. The van der Waals surface area contributed by atoms with Gasteiger partial charge in [0.05, 0.1) is 11.0 Å². The van der Waals surface area contributed by atoms with E-state index in [-0.39, 0.29) is 11.7 Å². The molecule has 1 aliphatic rings. The molecule has 2 aromatic rings. The van der Waals surface area contributed by atoms with E-state index in [9.17, 15) is 4.79 Å². The molecule has 1 atom stereocenters. The fourth-order valence-corrected chi connectivity index (χ4v) is 2.05. The molecule has 0 spiro atoms. The third-order valence-corrected chi connectivity index (χ3v) is 2.93. The van der Waals surface area contributed by atoms with Gasteiger partial charge in [-0.05, 0) is 18.2 Å². The molecule has 0 radical (unpaired) electrons. The normalized spacial score (nSPS) is 19.1. The predicted octanol–water partition coefficient (Wildman–Crippen LogP) is 2.42. The van der Waals surface area contributed by atoms with Crippen LogP contribution in [0.3, 0.4) is 0 Å². The molecule has 0 fully saturated rings. The number of allylic oxidation sites excluding steroid dienone is 4. The number of carbonyl (C=O) groups excluding carboxylic acids is 1. The Hall–Kier alpha value is -2.16. The van der Waals surface area contributed by atoms with Gasteiger partial charge < -0.3 is 4.98 Å². The zero-order valence-electron chi connectivity index (χ0n) is 9.26. The molecular weight excluding hydrogens is 212 g/mol. The summed E-state index contributed by atoms with van der Waals surface area (Å²) in [6.07, 6.45) is 7.86. The summed E-state index contributed by atoms with van der Waals surface area (Å²) in [4.78, 5) is 19.4. The minimum Gasteiger partial charge on any atom is -0.342 e. The second-order valence-electron chi connectivity index (χ2n) is 4.16. The van der Waals surface area contributed by atoms with Crippen LogP contribution in [0.1, 0.15) is 5.82 Å². The van der Waals surface area contributed by atoms with Gasteiger partial charge in [-0.15, -0.1) is 0 Å². The number of hydrogen-bond donors (Lipinski definition) is 1. The van der Waals surface area contributed by atoms with Crippen LogP contribution < -0.4 is 0 Å². The fraction of sp³-hybridized carbons (Fsp3) is 0.143. The Morgan fingerprint density at radius 1 is 1.24 bits per heavy atom. The largest absolute Gasteiger partial charge is 0.342 e. The number of nitrogens with one attached hydrogen (secondary N) is 1. The van der Waals surface area contributed by atoms with Crippen molar-refractivity contribution in [3.63, 3.8) is 0 Å². The molecule has 84 valence electrons. The lowest BCUT2D eigenvalue weighted by Gasteiger charge is -2.09. The molecule has 1 aliphatic carbocycles. The molecule has 3 nitrogen and oxygen atoms in total. The van der Waals surface area contributed by atoms with Gasteiger partial charge >= 0.3 is 0 Å². The predicted molar refractivity (Wildman–Crippen MR) is 66.6 cm³/mol. The maximum Gasteiger partial charge on any atom is 0.162 e. The Balaban J connectivity index is 1.87. The first-order valence-electron chi connectivity index (χ1n) is 5.65. The van der Waals surface area contributed by atoms with Crippen LogP contribution in [0.5, 0.6) is 0 Å². The minimum atomic E-state index is -0.0828. The van der Waals surface area contributed by atoms with E-state index in [1.54, 1.807) is 12.2 Å². The van der Waals surface area contributed by atoms with Crippen LogP contribution in [0.25, 0.3) is 11.0 Å². The smallest absolute Gasteiger partial charge is 0.162 e. The number of nitrogens with zero attached hydrogens (tertiary/aromatic N) is 1. The Kier molecular flexibility index (Phi) is 2.37. The number of fused-ring (bicyclic) bond motifs is 1. The minimum absolute atomic E-state index is 0.0828. The highest BCUT2D eigenvalue weighted by atomic mass is 16.1. The number of aromatic nitrogens is 2. The summed E-state index contributed by atoms with van der Waals surface area (Å²) in [6, 6.07) is 7.89. The van der Waals surface area contributed by atoms with Gasteiger partial charge in [0.15, 0.2) is 5.78 Å². The zero-order chi connectivity index (χ0) is 11.7. The molecule has 3 rings (SSSR count). The summed E-state index contributed by atoms with van der Waals surface area (Å²) >= 11 is 0. The van der Waals surface area contributed by atoms with Crippen molar-refractivity contribution in [2.45, 2.75) is 6.42 Å². The SMILES string of the molecule is O=C1C=CC=CC1Cc1nc2ccccc2[nH]1. The van der Waals surface area contributed by atoms with E-state index in [1.807, 2.05) is 36.4 Å². The average molecular weight is 224 g/mol. The number of para-hydroxylation sites is 2. The van der Waals surface area contributed by atoms with Gasteiger partial charge in [-0.2, -0.15) is 0 Å². The second kappa shape index (κ2) is 4.01. The summed E-state index contributed by atoms with van der Waals surface area (Å²) < 4.78 is 0. The molecule has 1 heterocycles. The van der Waals surface area contributed by atoms with E-state index in [0.29, 0.717) is 6.42 Å². The van der Waals surface area contributed by atoms with E-state index >= 15 is 0 Å². The number of hydrogen-bond acceptors (Lipinski definition) is 2. The number of aromatic amines is 1. The topological polar surface area (TPSA) is 45.8 Å². The summed E-state index contributed by atoms with van der Waals surface area (Å²) in [7, 11) is 0. The Morgan fingerprint density at radius 3 is 2.94 bits per heavy atom. The van der Waals surface area contributed by atoms with Crippen LogP contribution in [0, 0.1) is 5.92 Å². The molecule has 1 aromatic carbocycles. The van der Waals surface area contributed by atoms with E-state index < -0.39 is 0 Å². The highest BCUT2D eigenvalue weighted by Gasteiger charge is 2.17. The molecule has 0 amide bonds. The van der Waals surface area contributed by atoms with E-state index in [4.69, 9.17) is 0 Å². The van der Waals surface area contributed by atoms with Crippen molar-refractivity contribution >= 4 is 16.8 Å². The van der Waals surface area contributed by atoms with E-state index in [1.165, 1.54) is 0 Å². The second-order valence-corrected chi connectivity index (χ2v) is 4.16. The first-order chi connectivity index (χ1) is 8.33. The number of benzene rings is 1. The van der Waals surface area contributed by atoms with E-state index in [0.717, 1.165) is 16.9 Å². The lowest BCUT2D eigenvalue weighted by atomic mass is 9.96. The maximum absolute atomic E-state index is 11.6. The van der Waals surface area contributed by atoms with E-state index in [2.05, 4.69) is 9.97 Å². The van der Waals surface area contributed by atoms with Gasteiger partial charge in [-0.3, -0.25) is 4.79 Å². The van der Waals surface area contributed by atoms with Crippen molar-refractivity contribution in [1.29, 1.82) is 0 Å². The highest BCUT2D eigenvalue weighted by molar-refractivity contribution is 5.94. The Labute approximate surface area is 98.9 Å². The van der Waals surface area contributed by atoms with Gasteiger partial charge in [0.1, 0.15) is 5.82 Å². The number of ketones is 1. The summed E-state index contributed by atoms with van der Waals surface area (Å²) in [6.45, 7) is 0. The lowest BCUT2D eigenvalue weighted by molar-refractivity contribution is -0.117. The molecule has 0 saturated heterocycles. The summed E-state index contributed by atoms with van der Waals surface area (Å²) in [5.74, 6) is 0.929. The van der Waals surface area contributed by atoms with Crippen molar-refractivity contribution < 1.29 is 4.79 Å². The van der Waals surface area contributed by atoms with Crippen LogP contribution in [0.2, 0.25) is 0 Å². The van der Waals surface area contributed by atoms with Crippen LogP contribution in [0.15, 0.2) is 48.6 Å². The average Bonchev–Trinajstić information content (AvgIpc) is 2.74. The molecule has 1 unspecified atom stereocenters. The molecule has 17 heavy (non-hydrogen) atoms. The van der Waals surface area contributed by atoms with Crippen molar-refractivity contribution in [3.05, 3.63) is 54.4 Å². The fourth-order valence-electron chi connectivity index (χ4n) is 2.05. The third-order valence-electron chi connectivity index (χ3n) is 2.93. The first-order valence-corrected chi connectivity index (χ1v) is 5.65. The van der Waals surface area contributed by atoms with Gasteiger partial charge in [0.2, 0.25) is 0 Å². The molecule has 1 aromatic heterocycles. The number of carbonyl (C=O) groups is 1. The van der Waals surface area contributed by atoms with Gasteiger partial charge in [0, 0.05) is 12.3 Å². The molecule has 0 aliphatic heterocycles. The summed E-state index contributed by atoms with van der Waals surface area (Å²) in [5.41, 5.74) is 1.97. The zero-order valence-corrected chi connectivity index (χ0v) is 9.26. The number of imidazole rings is 1. The molecule has 0 saturated carbocycles. The number of H-pyrrole nitrogens is 1. The summed E-state index contributed by atoms with van der Waals surface area (Å²) in [5, 5.41) is 0. The van der Waals surface area contributed by atoms with Gasteiger partial charge in [-0.25, -0.2) is 4.98 Å². The van der Waals surface area contributed by atoms with Crippen LogP contribution >= 0.6 is 0 Å². The Bertz CT molecular complexity index is 589. The highest BCUT2D eigenvalue weighted by Crippen LogP contribution is 2.16. The maximum atomic E-state index is 11.6. The molecule has 3 heteroatoms. The van der Waals surface area contributed by atoms with Gasteiger partial charge in [0.25, 0.3) is 0 Å². The first kappa shape index (κ1) is 10.0. The standard InChI is InChI=1S/C14H12N2O/c17-13-8-4-1-5-10(13)9-14-15-11-6-2-3-7-12(11)16-14/h1-8,10H,9H2,(H,15,16). The van der Waals surface area contributed by atoms with Crippen molar-refractivity contribution in [3.8, 4) is 0 Å².